The van der Waals surface area contributed by atoms with Crippen molar-refractivity contribution < 1.29 is 9.18 Å². The van der Waals surface area contributed by atoms with E-state index in [1.165, 1.54) is 17.0 Å². The number of rotatable bonds is 2. The van der Waals surface area contributed by atoms with Crippen LogP contribution in [0, 0.1) is 5.82 Å². The normalized spacial score (nSPS) is 16.7. The summed E-state index contributed by atoms with van der Waals surface area (Å²) in [6, 6.07) is 15.2. The molecule has 0 radical (unpaired) electrons. The first-order valence-corrected chi connectivity index (χ1v) is 7.13. The molecule has 0 N–H and O–H groups in total. The van der Waals surface area contributed by atoms with Gasteiger partial charge in [-0.1, -0.05) is 30.3 Å². The molecule has 2 aromatic rings. The Morgan fingerprint density at radius 3 is 2.32 bits per heavy atom. The van der Waals surface area contributed by atoms with Gasteiger partial charge in [-0.3, -0.25) is 9.69 Å². The predicted molar refractivity (Wildman–Crippen MR) is 88.7 cm³/mol. The molecule has 1 amide bonds. The minimum absolute atomic E-state index is 0.192. The lowest BCUT2D eigenvalue weighted by Gasteiger charge is -2.16. The number of thiocarbonyl (C=S) groups is 1. The summed E-state index contributed by atoms with van der Waals surface area (Å²) in [5.74, 6) is -0.502. The lowest BCUT2D eigenvalue weighted by molar-refractivity contribution is -0.114. The summed E-state index contributed by atoms with van der Waals surface area (Å²) in [5.41, 5.74) is 1.93. The van der Waals surface area contributed by atoms with Gasteiger partial charge >= 0.3 is 0 Å². The average molecular weight is 312 g/mol. The Labute approximate surface area is 133 Å². The SMILES string of the molecule is CN1C(=S)N(c2ccccc2)C(=O)C1=Cc1ccc(F)cc1. The Bertz CT molecular complexity index is 756. The molecule has 0 saturated carbocycles. The number of nitrogens with zero attached hydrogens (tertiary/aromatic N) is 2. The van der Waals surface area contributed by atoms with Crippen LogP contribution in [0.2, 0.25) is 0 Å². The number of carbonyl (C=O) groups excluding carboxylic acids is 1. The Morgan fingerprint density at radius 2 is 1.68 bits per heavy atom. The van der Waals surface area contributed by atoms with Crippen molar-refractivity contribution in [3.63, 3.8) is 0 Å². The van der Waals surface area contributed by atoms with E-state index in [9.17, 15) is 9.18 Å². The number of anilines is 1. The highest BCUT2D eigenvalue weighted by molar-refractivity contribution is 7.80. The number of likely N-dealkylation sites (N-methyl/N-ethyl adjacent to an activating group) is 1. The number of hydrogen-bond acceptors (Lipinski definition) is 2. The standard InChI is InChI=1S/C17H13FN2OS/c1-19-15(11-12-7-9-13(18)10-8-12)16(21)20(17(19)22)14-5-3-2-4-6-14/h2-11H,1H3. The van der Waals surface area contributed by atoms with Crippen molar-refractivity contribution in [2.75, 3.05) is 11.9 Å². The van der Waals surface area contributed by atoms with Gasteiger partial charge in [0.25, 0.3) is 5.91 Å². The fourth-order valence-electron chi connectivity index (χ4n) is 2.28. The summed E-state index contributed by atoms with van der Waals surface area (Å²) in [4.78, 5) is 15.8. The molecular formula is C17H13FN2OS. The molecule has 0 aliphatic carbocycles. The van der Waals surface area contributed by atoms with Crippen molar-refractivity contribution in [2.24, 2.45) is 0 Å². The largest absolute Gasteiger partial charge is 0.317 e. The van der Waals surface area contributed by atoms with Crippen LogP contribution in [-0.2, 0) is 4.79 Å². The fraction of sp³-hybridized carbons (Fsp3) is 0.0588. The Kier molecular flexibility index (Phi) is 3.73. The highest BCUT2D eigenvalue weighted by Gasteiger charge is 2.36. The van der Waals surface area contributed by atoms with Crippen LogP contribution in [0.1, 0.15) is 5.56 Å². The third-order valence-electron chi connectivity index (χ3n) is 3.45. The molecule has 3 rings (SSSR count). The van der Waals surface area contributed by atoms with Crippen molar-refractivity contribution in [1.82, 2.24) is 4.90 Å². The topological polar surface area (TPSA) is 23.6 Å². The van der Waals surface area contributed by atoms with Gasteiger partial charge in [0, 0.05) is 7.05 Å². The summed E-state index contributed by atoms with van der Waals surface area (Å²) in [7, 11) is 1.75. The molecule has 0 atom stereocenters. The first-order chi connectivity index (χ1) is 10.6. The summed E-state index contributed by atoms with van der Waals surface area (Å²) in [6.07, 6.45) is 1.71. The number of hydrogen-bond donors (Lipinski definition) is 0. The zero-order valence-corrected chi connectivity index (χ0v) is 12.7. The third-order valence-corrected chi connectivity index (χ3v) is 3.91. The first-order valence-electron chi connectivity index (χ1n) is 6.72. The predicted octanol–water partition coefficient (Wildman–Crippen LogP) is 3.43. The number of carbonyl (C=O) groups is 1. The van der Waals surface area contributed by atoms with Gasteiger partial charge in [-0.05, 0) is 48.1 Å². The van der Waals surface area contributed by atoms with Crippen LogP contribution in [0.4, 0.5) is 10.1 Å². The zero-order chi connectivity index (χ0) is 15.7. The van der Waals surface area contributed by atoms with Crippen molar-refractivity contribution in [3.8, 4) is 0 Å². The summed E-state index contributed by atoms with van der Waals surface area (Å²) < 4.78 is 13.0. The van der Waals surface area contributed by atoms with E-state index >= 15 is 0 Å². The number of para-hydroxylation sites is 1. The maximum Gasteiger partial charge on any atom is 0.281 e. The van der Waals surface area contributed by atoms with Crippen molar-refractivity contribution in [2.45, 2.75) is 0 Å². The van der Waals surface area contributed by atoms with E-state index in [0.29, 0.717) is 10.8 Å². The van der Waals surface area contributed by atoms with Crippen LogP contribution < -0.4 is 4.90 Å². The lowest BCUT2D eigenvalue weighted by atomic mass is 10.2. The molecule has 1 heterocycles. The molecule has 22 heavy (non-hydrogen) atoms. The monoisotopic (exact) mass is 312 g/mol. The molecule has 3 nitrogen and oxygen atoms in total. The molecule has 2 aromatic carbocycles. The molecule has 1 saturated heterocycles. The van der Waals surface area contributed by atoms with Gasteiger partial charge < -0.3 is 4.90 Å². The van der Waals surface area contributed by atoms with E-state index < -0.39 is 0 Å². The van der Waals surface area contributed by atoms with Crippen LogP contribution in [0.15, 0.2) is 60.3 Å². The van der Waals surface area contributed by atoms with Gasteiger partial charge in [0.1, 0.15) is 11.5 Å². The number of halogens is 1. The highest BCUT2D eigenvalue weighted by Crippen LogP contribution is 2.27. The van der Waals surface area contributed by atoms with Crippen LogP contribution in [0.5, 0.6) is 0 Å². The van der Waals surface area contributed by atoms with Gasteiger partial charge in [0.15, 0.2) is 5.11 Å². The smallest absolute Gasteiger partial charge is 0.281 e. The highest BCUT2D eigenvalue weighted by atomic mass is 32.1. The van der Waals surface area contributed by atoms with Crippen molar-refractivity contribution >= 4 is 35.0 Å². The molecule has 0 aromatic heterocycles. The maximum absolute atomic E-state index is 13.0. The van der Waals surface area contributed by atoms with Crippen molar-refractivity contribution in [3.05, 3.63) is 71.7 Å². The molecule has 0 bridgehead atoms. The quantitative estimate of drug-likeness (QED) is 0.627. The molecule has 1 aliphatic rings. The Balaban J connectivity index is 1.99. The van der Waals surface area contributed by atoms with Crippen LogP contribution >= 0.6 is 12.2 Å². The molecule has 0 spiro atoms. The van der Waals surface area contributed by atoms with E-state index in [1.54, 1.807) is 30.2 Å². The third kappa shape index (κ3) is 2.51. The van der Waals surface area contributed by atoms with E-state index in [2.05, 4.69) is 0 Å². The fourth-order valence-corrected chi connectivity index (χ4v) is 2.56. The van der Waals surface area contributed by atoms with Gasteiger partial charge in [-0.25, -0.2) is 4.39 Å². The van der Waals surface area contributed by atoms with E-state index in [1.807, 2.05) is 30.3 Å². The summed E-state index contributed by atoms with van der Waals surface area (Å²) in [5, 5.41) is 0.421. The second-order valence-electron chi connectivity index (χ2n) is 4.90. The zero-order valence-electron chi connectivity index (χ0n) is 11.9. The van der Waals surface area contributed by atoms with Crippen LogP contribution in [0.25, 0.3) is 6.08 Å². The maximum atomic E-state index is 13.0. The van der Waals surface area contributed by atoms with Crippen molar-refractivity contribution in [1.29, 1.82) is 0 Å². The van der Waals surface area contributed by atoms with Gasteiger partial charge in [0.05, 0.1) is 5.69 Å². The number of benzene rings is 2. The van der Waals surface area contributed by atoms with Gasteiger partial charge in [-0.2, -0.15) is 0 Å². The summed E-state index contributed by atoms with van der Waals surface area (Å²) in [6.45, 7) is 0. The lowest BCUT2D eigenvalue weighted by Crippen LogP contribution is -2.30. The molecule has 110 valence electrons. The van der Waals surface area contributed by atoms with E-state index in [4.69, 9.17) is 12.2 Å². The average Bonchev–Trinajstić information content (AvgIpc) is 2.74. The van der Waals surface area contributed by atoms with Crippen LogP contribution in [-0.4, -0.2) is 23.0 Å². The molecular weight excluding hydrogens is 299 g/mol. The van der Waals surface area contributed by atoms with Crippen LogP contribution in [0.3, 0.4) is 0 Å². The number of amides is 1. The van der Waals surface area contributed by atoms with E-state index in [-0.39, 0.29) is 11.7 Å². The first kappa shape index (κ1) is 14.4. The van der Waals surface area contributed by atoms with Gasteiger partial charge in [0.2, 0.25) is 0 Å². The molecule has 1 fully saturated rings. The Hall–Kier alpha value is -2.53. The Morgan fingerprint density at radius 1 is 1.05 bits per heavy atom. The van der Waals surface area contributed by atoms with E-state index in [0.717, 1.165) is 11.3 Å². The molecule has 0 unspecified atom stereocenters. The van der Waals surface area contributed by atoms with Gasteiger partial charge in [-0.15, -0.1) is 0 Å². The summed E-state index contributed by atoms with van der Waals surface area (Å²) >= 11 is 5.37. The second-order valence-corrected chi connectivity index (χ2v) is 5.26. The molecule has 5 heteroatoms. The minimum atomic E-state index is -0.310. The minimum Gasteiger partial charge on any atom is -0.317 e. The molecule has 1 aliphatic heterocycles. The second kappa shape index (κ2) is 5.69.